The summed E-state index contributed by atoms with van der Waals surface area (Å²) in [4.78, 5) is 48.8. The van der Waals surface area contributed by atoms with Gasteiger partial charge in [0.2, 0.25) is 17.7 Å². The van der Waals surface area contributed by atoms with Crippen LogP contribution in [0.5, 0.6) is 0 Å². The highest BCUT2D eigenvalue weighted by molar-refractivity contribution is 5.96. The number of aliphatic hydroxyl groups excluding tert-OH is 1. The van der Waals surface area contributed by atoms with Gasteiger partial charge in [0.05, 0.1) is 6.61 Å². The zero-order chi connectivity index (χ0) is 22.9. The minimum absolute atomic E-state index is 0.0508. The Morgan fingerprint density at radius 2 is 1.59 bits per heavy atom. The van der Waals surface area contributed by atoms with Gasteiger partial charge in [0.1, 0.15) is 23.7 Å². The van der Waals surface area contributed by atoms with Gasteiger partial charge in [-0.1, -0.05) is 34.1 Å². The van der Waals surface area contributed by atoms with Crippen molar-refractivity contribution >= 4 is 23.7 Å². The van der Waals surface area contributed by atoms with Crippen molar-refractivity contribution in [3.8, 4) is 0 Å². The quantitative estimate of drug-likeness (QED) is 0.245. The molecule has 0 saturated carbocycles. The fourth-order valence-corrected chi connectivity index (χ4v) is 2.52. The SMILES string of the molecule is CC[C@H](C)[C@H](NC(=O)[C@@H](N)CO)C(=O)NC(C)(C)C(=O)N[C@@H](CC(C)C)C(=O)O. The second kappa shape index (κ2) is 11.7. The average Bonchev–Trinajstić information content (AvgIpc) is 2.62. The van der Waals surface area contributed by atoms with Crippen molar-refractivity contribution in [3.05, 3.63) is 0 Å². The predicted octanol–water partition coefficient (Wildman–Crippen LogP) is -0.653. The summed E-state index contributed by atoms with van der Waals surface area (Å²) in [5.74, 6) is -3.31. The number of nitrogens with two attached hydrogens (primary N) is 1. The molecular formula is C19H36N4O6. The van der Waals surface area contributed by atoms with Crippen molar-refractivity contribution in [1.82, 2.24) is 16.0 Å². The van der Waals surface area contributed by atoms with Crippen LogP contribution in [-0.2, 0) is 19.2 Å². The minimum atomic E-state index is -1.42. The average molecular weight is 417 g/mol. The highest BCUT2D eigenvalue weighted by Crippen LogP contribution is 2.12. The lowest BCUT2D eigenvalue weighted by molar-refractivity contribution is -0.143. The zero-order valence-corrected chi connectivity index (χ0v) is 18.1. The number of amides is 3. The molecule has 0 aromatic heterocycles. The van der Waals surface area contributed by atoms with E-state index >= 15 is 0 Å². The first-order valence-corrected chi connectivity index (χ1v) is 9.79. The Morgan fingerprint density at radius 3 is 2.00 bits per heavy atom. The number of rotatable bonds is 12. The topological polar surface area (TPSA) is 171 Å². The second-order valence-electron chi connectivity index (χ2n) is 8.27. The number of aliphatic hydroxyl groups is 1. The molecule has 0 heterocycles. The van der Waals surface area contributed by atoms with Crippen LogP contribution in [0.2, 0.25) is 0 Å². The summed E-state index contributed by atoms with van der Waals surface area (Å²) in [7, 11) is 0. The normalized spacial score (nSPS) is 15.8. The lowest BCUT2D eigenvalue weighted by atomic mass is 9.95. The van der Waals surface area contributed by atoms with Crippen LogP contribution < -0.4 is 21.7 Å². The molecule has 0 saturated heterocycles. The van der Waals surface area contributed by atoms with E-state index in [0.29, 0.717) is 6.42 Å². The minimum Gasteiger partial charge on any atom is -0.480 e. The van der Waals surface area contributed by atoms with Crippen LogP contribution in [0.1, 0.15) is 54.4 Å². The summed E-state index contributed by atoms with van der Waals surface area (Å²) >= 11 is 0. The fraction of sp³-hybridized carbons (Fsp3) is 0.789. The zero-order valence-electron chi connectivity index (χ0n) is 18.1. The molecule has 0 radical (unpaired) electrons. The molecule has 4 atom stereocenters. The van der Waals surface area contributed by atoms with E-state index in [-0.39, 0.29) is 18.3 Å². The van der Waals surface area contributed by atoms with Gasteiger partial charge >= 0.3 is 5.97 Å². The Balaban J connectivity index is 5.31. The first-order valence-electron chi connectivity index (χ1n) is 9.79. The largest absolute Gasteiger partial charge is 0.480 e. The third kappa shape index (κ3) is 8.78. The fourth-order valence-electron chi connectivity index (χ4n) is 2.52. The van der Waals surface area contributed by atoms with Crippen LogP contribution in [-0.4, -0.2) is 64.2 Å². The molecule has 0 unspecified atom stereocenters. The van der Waals surface area contributed by atoms with E-state index in [4.69, 9.17) is 10.8 Å². The molecule has 0 aromatic rings. The van der Waals surface area contributed by atoms with Crippen molar-refractivity contribution in [1.29, 1.82) is 0 Å². The Labute approximate surface area is 172 Å². The van der Waals surface area contributed by atoms with Gasteiger partial charge in [0, 0.05) is 0 Å². The van der Waals surface area contributed by atoms with Gasteiger partial charge in [-0.05, 0) is 32.1 Å². The molecular weight excluding hydrogens is 380 g/mol. The number of aliphatic carboxylic acids is 1. The summed E-state index contributed by atoms with van der Waals surface area (Å²) in [6, 6.07) is -3.22. The van der Waals surface area contributed by atoms with Gasteiger partial charge < -0.3 is 31.9 Å². The Bertz CT molecular complexity index is 593. The van der Waals surface area contributed by atoms with Crippen molar-refractivity contribution < 1.29 is 29.4 Å². The van der Waals surface area contributed by atoms with Crippen molar-refractivity contribution in [2.75, 3.05) is 6.61 Å². The van der Waals surface area contributed by atoms with Crippen molar-refractivity contribution in [2.24, 2.45) is 17.6 Å². The monoisotopic (exact) mass is 416 g/mol. The number of hydrogen-bond acceptors (Lipinski definition) is 6. The Kier molecular flexibility index (Phi) is 10.8. The maximum absolute atomic E-state index is 12.8. The molecule has 10 heteroatoms. The van der Waals surface area contributed by atoms with Crippen LogP contribution in [0.4, 0.5) is 0 Å². The van der Waals surface area contributed by atoms with E-state index in [1.807, 2.05) is 20.8 Å². The van der Waals surface area contributed by atoms with Gasteiger partial charge in [-0.3, -0.25) is 14.4 Å². The molecule has 0 aromatic carbocycles. The molecule has 10 nitrogen and oxygen atoms in total. The molecule has 168 valence electrons. The van der Waals surface area contributed by atoms with Gasteiger partial charge in [0.15, 0.2) is 0 Å². The predicted molar refractivity (Wildman–Crippen MR) is 108 cm³/mol. The summed E-state index contributed by atoms with van der Waals surface area (Å²) in [6.07, 6.45) is 0.810. The Morgan fingerprint density at radius 1 is 1.03 bits per heavy atom. The van der Waals surface area contributed by atoms with E-state index in [0.717, 1.165) is 0 Å². The summed E-state index contributed by atoms with van der Waals surface area (Å²) in [5.41, 5.74) is 4.07. The smallest absolute Gasteiger partial charge is 0.326 e. The van der Waals surface area contributed by atoms with Gasteiger partial charge in [-0.25, -0.2) is 4.79 Å². The van der Waals surface area contributed by atoms with Crippen LogP contribution in [0, 0.1) is 11.8 Å². The third-order valence-corrected chi connectivity index (χ3v) is 4.64. The molecule has 0 bridgehead atoms. The van der Waals surface area contributed by atoms with Gasteiger partial charge in [-0.2, -0.15) is 0 Å². The summed E-state index contributed by atoms with van der Waals surface area (Å²) in [5, 5.41) is 25.8. The molecule has 7 N–H and O–H groups in total. The van der Waals surface area contributed by atoms with Gasteiger partial charge in [0.25, 0.3) is 0 Å². The number of nitrogens with one attached hydrogen (secondary N) is 3. The highest BCUT2D eigenvalue weighted by atomic mass is 16.4. The molecule has 0 rings (SSSR count). The highest BCUT2D eigenvalue weighted by Gasteiger charge is 2.36. The van der Waals surface area contributed by atoms with Crippen LogP contribution in [0.3, 0.4) is 0 Å². The number of carboxylic acids is 1. The molecule has 0 aliphatic carbocycles. The first kappa shape index (κ1) is 26.8. The Hall–Kier alpha value is -2.20. The van der Waals surface area contributed by atoms with Crippen molar-refractivity contribution in [3.63, 3.8) is 0 Å². The van der Waals surface area contributed by atoms with Crippen LogP contribution in [0.25, 0.3) is 0 Å². The maximum atomic E-state index is 12.8. The molecule has 0 spiro atoms. The molecule has 0 aliphatic heterocycles. The lowest BCUT2D eigenvalue weighted by Gasteiger charge is -2.31. The third-order valence-electron chi connectivity index (χ3n) is 4.64. The summed E-state index contributed by atoms with van der Waals surface area (Å²) in [6.45, 7) is 9.60. The van der Waals surface area contributed by atoms with E-state index in [1.54, 1.807) is 6.92 Å². The van der Waals surface area contributed by atoms with E-state index < -0.39 is 54.0 Å². The van der Waals surface area contributed by atoms with E-state index in [9.17, 15) is 24.3 Å². The molecule has 29 heavy (non-hydrogen) atoms. The second-order valence-corrected chi connectivity index (χ2v) is 8.27. The first-order chi connectivity index (χ1) is 13.3. The van der Waals surface area contributed by atoms with Crippen molar-refractivity contribution in [2.45, 2.75) is 78.0 Å². The van der Waals surface area contributed by atoms with Gasteiger partial charge in [-0.15, -0.1) is 0 Å². The van der Waals surface area contributed by atoms with Crippen LogP contribution >= 0.6 is 0 Å². The number of hydrogen-bond donors (Lipinski definition) is 6. The number of carbonyl (C=O) groups is 4. The van der Waals surface area contributed by atoms with E-state index in [1.165, 1.54) is 13.8 Å². The molecule has 3 amide bonds. The standard InChI is InChI=1S/C19H36N4O6/c1-7-11(4)14(22-15(25)12(20)9-24)16(26)23-19(5,6)18(29)21-13(17(27)28)8-10(2)3/h10-14,24H,7-9,20H2,1-6H3,(H,21,29)(H,22,25)(H,23,26)(H,27,28)/t11-,12-,13-,14-/m0/s1. The molecule has 0 aliphatic rings. The number of carbonyl (C=O) groups excluding carboxylic acids is 3. The molecule has 0 fully saturated rings. The lowest BCUT2D eigenvalue weighted by Crippen LogP contribution is -2.62. The van der Waals surface area contributed by atoms with Crippen LogP contribution in [0.15, 0.2) is 0 Å². The maximum Gasteiger partial charge on any atom is 0.326 e. The number of carboxylic acid groups (broad SMARTS) is 1. The summed E-state index contributed by atoms with van der Waals surface area (Å²) < 4.78 is 0. The van der Waals surface area contributed by atoms with E-state index in [2.05, 4.69) is 16.0 Å².